The van der Waals surface area contributed by atoms with Crippen LogP contribution in [0.25, 0.3) is 0 Å². The van der Waals surface area contributed by atoms with Gasteiger partial charge in [0.25, 0.3) is 0 Å². The molecule has 0 saturated heterocycles. The summed E-state index contributed by atoms with van der Waals surface area (Å²) >= 11 is 0. The molecule has 0 saturated carbocycles. The van der Waals surface area contributed by atoms with Crippen LogP contribution in [0.3, 0.4) is 0 Å². The van der Waals surface area contributed by atoms with Crippen molar-refractivity contribution >= 4 is 5.97 Å². The van der Waals surface area contributed by atoms with Gasteiger partial charge in [0.2, 0.25) is 5.76 Å². The van der Waals surface area contributed by atoms with Crippen LogP contribution < -0.4 is 0 Å². The molecule has 0 unspecified atom stereocenters. The first-order chi connectivity index (χ1) is 3.72. The van der Waals surface area contributed by atoms with Crippen LogP contribution in [0.15, 0.2) is 12.0 Å². The molecule has 0 fully saturated rings. The Morgan fingerprint density at radius 3 is 2.25 bits per heavy atom. The smallest absolute Gasteiger partial charge is 0.410 e. The zero-order valence-corrected chi connectivity index (χ0v) is 3.74. The Morgan fingerprint density at radius 1 is 1.62 bits per heavy atom. The molecule has 5 heteroatoms. The summed E-state index contributed by atoms with van der Waals surface area (Å²) in [5.74, 6) is -2.44. The molecule has 8 heavy (non-hydrogen) atoms. The van der Waals surface area contributed by atoms with E-state index in [9.17, 15) is 4.79 Å². The first kappa shape index (κ1) is 6.77. The van der Waals surface area contributed by atoms with Crippen LogP contribution in [-0.2, 0) is 9.68 Å². The van der Waals surface area contributed by atoms with Gasteiger partial charge in [-0.15, -0.1) is 0 Å². The molecule has 0 aliphatic heterocycles. The molecule has 0 atom stereocenters. The van der Waals surface area contributed by atoms with Crippen molar-refractivity contribution in [3.8, 4) is 0 Å². The van der Waals surface area contributed by atoms with Gasteiger partial charge in [-0.1, -0.05) is 0 Å². The highest BCUT2D eigenvalue weighted by atomic mass is 17.1. The molecule has 0 aliphatic rings. The SMILES string of the molecule is O=C(OO)C(O)=CO. The van der Waals surface area contributed by atoms with Crippen LogP contribution >= 0.6 is 0 Å². The molecular formula is C3H4O5. The van der Waals surface area contributed by atoms with Gasteiger partial charge in [-0.3, -0.25) is 4.89 Å². The van der Waals surface area contributed by atoms with Crippen molar-refractivity contribution in [2.75, 3.05) is 0 Å². The van der Waals surface area contributed by atoms with E-state index in [1.54, 1.807) is 0 Å². The molecule has 0 radical (unpaired) electrons. The fraction of sp³-hybridized carbons (Fsp3) is 0. The van der Waals surface area contributed by atoms with E-state index in [0.717, 1.165) is 0 Å². The monoisotopic (exact) mass is 120 g/mol. The Bertz CT molecular complexity index is 115. The fourth-order valence-corrected chi connectivity index (χ4v) is 0.0995. The third-order valence-corrected chi connectivity index (χ3v) is 0.414. The quantitative estimate of drug-likeness (QED) is 0.195. The molecule has 0 aliphatic carbocycles. The average Bonchev–Trinajstić information content (AvgIpc) is 1.84. The number of aliphatic hydroxyl groups excluding tert-OH is 2. The van der Waals surface area contributed by atoms with Crippen molar-refractivity contribution < 1.29 is 25.2 Å². The van der Waals surface area contributed by atoms with E-state index >= 15 is 0 Å². The minimum absolute atomic E-state index is 0.110. The third kappa shape index (κ3) is 1.48. The highest BCUT2D eigenvalue weighted by Crippen LogP contribution is 1.86. The first-order valence-corrected chi connectivity index (χ1v) is 1.61. The molecule has 5 nitrogen and oxygen atoms in total. The molecule has 0 aromatic carbocycles. The topological polar surface area (TPSA) is 87.0 Å². The molecule has 0 rings (SSSR count). The molecular weight excluding hydrogens is 116 g/mol. The van der Waals surface area contributed by atoms with Crippen LogP contribution in [-0.4, -0.2) is 21.4 Å². The van der Waals surface area contributed by atoms with E-state index in [4.69, 9.17) is 15.5 Å². The number of aliphatic hydroxyl groups is 2. The predicted molar refractivity (Wildman–Crippen MR) is 22.1 cm³/mol. The third-order valence-electron chi connectivity index (χ3n) is 0.414. The number of hydrogen-bond donors (Lipinski definition) is 3. The summed E-state index contributed by atoms with van der Waals surface area (Å²) in [5.41, 5.74) is 0. The van der Waals surface area contributed by atoms with Crippen molar-refractivity contribution in [3.05, 3.63) is 12.0 Å². The minimum Gasteiger partial charge on any atom is -0.511 e. The maximum Gasteiger partial charge on any atom is 0.410 e. The lowest BCUT2D eigenvalue weighted by molar-refractivity contribution is -0.232. The fourth-order valence-electron chi connectivity index (χ4n) is 0.0995. The van der Waals surface area contributed by atoms with Crippen molar-refractivity contribution in [2.24, 2.45) is 0 Å². The van der Waals surface area contributed by atoms with E-state index in [0.29, 0.717) is 0 Å². The molecule has 0 heterocycles. The van der Waals surface area contributed by atoms with E-state index in [1.165, 1.54) is 0 Å². The largest absolute Gasteiger partial charge is 0.511 e. The molecule has 3 N–H and O–H groups in total. The highest BCUT2D eigenvalue weighted by molar-refractivity contribution is 5.84. The second-order valence-electron chi connectivity index (χ2n) is 0.893. The summed E-state index contributed by atoms with van der Waals surface area (Å²) in [6, 6.07) is 0. The highest BCUT2D eigenvalue weighted by Gasteiger charge is 2.06. The summed E-state index contributed by atoms with van der Waals surface area (Å²) in [5, 5.41) is 23.4. The minimum atomic E-state index is -1.40. The molecule has 0 aromatic rings. The van der Waals surface area contributed by atoms with Gasteiger partial charge in [-0.05, 0) is 0 Å². The van der Waals surface area contributed by atoms with Crippen LogP contribution in [0.1, 0.15) is 0 Å². The first-order valence-electron chi connectivity index (χ1n) is 1.61. The zero-order valence-electron chi connectivity index (χ0n) is 3.74. The number of carbonyl (C=O) groups is 1. The maximum atomic E-state index is 9.79. The van der Waals surface area contributed by atoms with Gasteiger partial charge in [0, 0.05) is 0 Å². The van der Waals surface area contributed by atoms with Crippen molar-refractivity contribution in [3.63, 3.8) is 0 Å². The second kappa shape index (κ2) is 2.86. The summed E-state index contributed by atoms with van der Waals surface area (Å²) < 4.78 is 0. The van der Waals surface area contributed by atoms with Gasteiger partial charge >= 0.3 is 5.97 Å². The Kier molecular flexibility index (Phi) is 2.42. The molecule has 0 bridgehead atoms. The van der Waals surface area contributed by atoms with Gasteiger partial charge in [-0.25, -0.2) is 4.79 Å². The lowest BCUT2D eigenvalue weighted by atomic mass is 10.6. The van der Waals surface area contributed by atoms with Gasteiger partial charge in [-0.2, -0.15) is 5.26 Å². The van der Waals surface area contributed by atoms with Crippen LogP contribution in [0.2, 0.25) is 0 Å². The van der Waals surface area contributed by atoms with Gasteiger partial charge in [0.05, 0.1) is 0 Å². The Morgan fingerprint density at radius 2 is 2.12 bits per heavy atom. The second-order valence-corrected chi connectivity index (χ2v) is 0.893. The predicted octanol–water partition coefficient (Wildman–Crippen LogP) is -0.0400. The molecule has 0 amide bonds. The number of hydrogen-bond acceptors (Lipinski definition) is 5. The zero-order chi connectivity index (χ0) is 6.57. The van der Waals surface area contributed by atoms with E-state index < -0.39 is 11.7 Å². The standard InChI is InChI=1S/C3H4O5/c4-1-2(5)3(6)8-7/h1,4-5,7H. The Hall–Kier alpha value is -1.23. The summed E-state index contributed by atoms with van der Waals surface area (Å²) in [7, 11) is 0. The maximum absolute atomic E-state index is 9.79. The summed E-state index contributed by atoms with van der Waals surface area (Å²) in [6.07, 6.45) is 0.110. The van der Waals surface area contributed by atoms with E-state index in [-0.39, 0.29) is 6.26 Å². The lowest BCUT2D eigenvalue weighted by Crippen LogP contribution is -2.03. The van der Waals surface area contributed by atoms with Gasteiger partial charge < -0.3 is 10.2 Å². The molecule has 46 valence electrons. The van der Waals surface area contributed by atoms with Gasteiger partial charge in [0.1, 0.15) is 6.26 Å². The molecule has 0 spiro atoms. The normalized spacial score (nSPS) is 10.9. The summed E-state index contributed by atoms with van der Waals surface area (Å²) in [6.45, 7) is 0. The summed E-state index contributed by atoms with van der Waals surface area (Å²) in [4.78, 5) is 12.8. The van der Waals surface area contributed by atoms with Crippen molar-refractivity contribution in [1.29, 1.82) is 0 Å². The number of rotatable bonds is 1. The molecule has 0 aromatic heterocycles. The van der Waals surface area contributed by atoms with Gasteiger partial charge in [0.15, 0.2) is 0 Å². The van der Waals surface area contributed by atoms with E-state index in [1.807, 2.05) is 0 Å². The van der Waals surface area contributed by atoms with Crippen molar-refractivity contribution in [1.82, 2.24) is 0 Å². The van der Waals surface area contributed by atoms with Crippen LogP contribution in [0.5, 0.6) is 0 Å². The van der Waals surface area contributed by atoms with E-state index in [2.05, 4.69) is 4.89 Å². The van der Waals surface area contributed by atoms with Crippen molar-refractivity contribution in [2.45, 2.75) is 0 Å². The van der Waals surface area contributed by atoms with Crippen LogP contribution in [0, 0.1) is 0 Å². The Balaban J connectivity index is 3.83. The number of carbonyl (C=O) groups excluding carboxylic acids is 1. The lowest BCUT2D eigenvalue weighted by Gasteiger charge is -1.88. The Labute approximate surface area is 44.4 Å². The van der Waals surface area contributed by atoms with Crippen LogP contribution in [0.4, 0.5) is 0 Å². The average molecular weight is 120 g/mol.